The zero-order valence-corrected chi connectivity index (χ0v) is 24.2. The summed E-state index contributed by atoms with van der Waals surface area (Å²) in [7, 11) is 3.81. The predicted octanol–water partition coefficient (Wildman–Crippen LogP) is 5.43. The van der Waals surface area contributed by atoms with Crippen LogP contribution in [0.3, 0.4) is 0 Å². The summed E-state index contributed by atoms with van der Waals surface area (Å²) in [5.74, 6) is -1.05. The van der Waals surface area contributed by atoms with Crippen molar-refractivity contribution in [3.63, 3.8) is 0 Å². The van der Waals surface area contributed by atoms with Crippen LogP contribution >= 0.6 is 23.1 Å². The molecule has 12 heteroatoms. The molecule has 1 fully saturated rings. The molecule has 1 amide bonds. The van der Waals surface area contributed by atoms with Crippen molar-refractivity contribution in [2.45, 2.75) is 16.1 Å². The van der Waals surface area contributed by atoms with Crippen LogP contribution in [0.1, 0.15) is 22.7 Å². The number of ether oxygens (including phenoxy) is 2. The quantitative estimate of drug-likeness (QED) is 0.0972. The van der Waals surface area contributed by atoms with Gasteiger partial charge in [-0.15, -0.1) is 10.2 Å². The summed E-state index contributed by atoms with van der Waals surface area (Å²) in [5, 5.41) is 20.1. The average molecular weight is 605 g/mol. The van der Waals surface area contributed by atoms with Gasteiger partial charge in [0.05, 0.1) is 11.6 Å². The first kappa shape index (κ1) is 27.7. The number of carbonyl (C=O) groups excluding carboxylic acids is 2. The summed E-state index contributed by atoms with van der Waals surface area (Å²) in [6.07, 6.45) is 0. The van der Waals surface area contributed by atoms with Gasteiger partial charge in [-0.3, -0.25) is 14.5 Å². The summed E-state index contributed by atoms with van der Waals surface area (Å²) in [6, 6.07) is 17.7. The van der Waals surface area contributed by atoms with Crippen molar-refractivity contribution in [2.75, 3.05) is 37.1 Å². The molecule has 2 aliphatic heterocycles. The highest BCUT2D eigenvalue weighted by Gasteiger charge is 2.48. The molecule has 0 radical (unpaired) electrons. The lowest BCUT2D eigenvalue weighted by Crippen LogP contribution is -2.29. The first-order chi connectivity index (χ1) is 20.3. The van der Waals surface area contributed by atoms with Crippen LogP contribution in [-0.4, -0.2) is 54.3 Å². The zero-order chi connectivity index (χ0) is 29.4. The maximum Gasteiger partial charge on any atom is 0.301 e. The van der Waals surface area contributed by atoms with Crippen molar-refractivity contribution in [1.82, 2.24) is 10.2 Å². The number of rotatable bonds is 7. The molecule has 214 valence electrons. The number of fused-ring (bicyclic) bond motifs is 1. The van der Waals surface area contributed by atoms with E-state index in [4.69, 9.17) is 9.47 Å². The van der Waals surface area contributed by atoms with Gasteiger partial charge < -0.3 is 19.5 Å². The Kier molecular flexibility index (Phi) is 7.56. The Hall–Kier alpha value is -4.42. The molecule has 42 heavy (non-hydrogen) atoms. The molecule has 1 unspecified atom stereocenters. The average Bonchev–Trinajstić information content (AvgIpc) is 3.57. The van der Waals surface area contributed by atoms with Crippen LogP contribution in [0, 0.1) is 5.82 Å². The van der Waals surface area contributed by atoms with E-state index in [1.54, 1.807) is 36.4 Å². The van der Waals surface area contributed by atoms with E-state index in [-0.39, 0.29) is 22.3 Å². The molecule has 1 aromatic heterocycles. The van der Waals surface area contributed by atoms with Gasteiger partial charge in [0.25, 0.3) is 5.78 Å². The Morgan fingerprint density at radius 3 is 2.52 bits per heavy atom. The maximum atomic E-state index is 14.1. The number of hydrogen-bond donors (Lipinski definition) is 1. The van der Waals surface area contributed by atoms with Crippen molar-refractivity contribution >= 4 is 51.4 Å². The maximum absolute atomic E-state index is 14.1. The number of benzene rings is 3. The molecule has 0 saturated carbocycles. The number of halogens is 1. The minimum absolute atomic E-state index is 0.0787. The topological polar surface area (TPSA) is 105 Å². The van der Waals surface area contributed by atoms with E-state index in [9.17, 15) is 19.1 Å². The summed E-state index contributed by atoms with van der Waals surface area (Å²) in [6.45, 7) is 0.767. The molecule has 0 spiro atoms. The highest BCUT2D eigenvalue weighted by Crippen LogP contribution is 2.45. The number of aliphatic hydroxyl groups is 1. The second-order valence-corrected chi connectivity index (χ2v) is 11.9. The van der Waals surface area contributed by atoms with Gasteiger partial charge >= 0.3 is 5.91 Å². The van der Waals surface area contributed by atoms with Crippen molar-refractivity contribution < 1.29 is 28.6 Å². The van der Waals surface area contributed by atoms with E-state index < -0.39 is 17.7 Å². The normalized spacial score (nSPS) is 17.5. The Morgan fingerprint density at radius 2 is 1.79 bits per heavy atom. The van der Waals surface area contributed by atoms with Gasteiger partial charge in [-0.1, -0.05) is 53.4 Å². The molecule has 6 rings (SSSR count). The smallest absolute Gasteiger partial charge is 0.301 e. The first-order valence-electron chi connectivity index (χ1n) is 13.0. The standard InChI is InChI=1S/C30H25FN4O5S2/c1-34(2)20-10-7-17(8-11-20)25-24(26(36)18-9-12-22-23(15-18)40-14-13-39-22)27(37)28(38)35(25)29-32-33-30(42-29)41-16-19-5-3-4-6-21(19)31/h3-12,15,25,36H,13-14,16H2,1-2H3/b26-24+. The third kappa shape index (κ3) is 5.19. The van der Waals surface area contributed by atoms with Crippen LogP contribution in [0.5, 0.6) is 11.5 Å². The lowest BCUT2D eigenvalue weighted by atomic mass is 9.95. The van der Waals surface area contributed by atoms with E-state index in [1.807, 2.05) is 43.3 Å². The van der Waals surface area contributed by atoms with E-state index in [1.165, 1.54) is 22.7 Å². The van der Waals surface area contributed by atoms with Gasteiger partial charge in [0.2, 0.25) is 5.13 Å². The third-order valence-electron chi connectivity index (χ3n) is 6.90. The van der Waals surface area contributed by atoms with Crippen LogP contribution in [0.4, 0.5) is 15.2 Å². The molecule has 1 atom stereocenters. The second kappa shape index (κ2) is 11.5. The Morgan fingerprint density at radius 1 is 1.05 bits per heavy atom. The van der Waals surface area contributed by atoms with Gasteiger partial charge in [0.1, 0.15) is 24.8 Å². The number of anilines is 2. The SMILES string of the molecule is CN(C)c1ccc(C2/C(=C(\O)c3ccc4c(c3)OCCO4)C(=O)C(=O)N2c2nnc(SCc3ccccc3F)s2)cc1. The van der Waals surface area contributed by atoms with Crippen LogP contribution in [0.25, 0.3) is 5.76 Å². The van der Waals surface area contributed by atoms with Gasteiger partial charge in [-0.2, -0.15) is 0 Å². The van der Waals surface area contributed by atoms with E-state index in [0.29, 0.717) is 51.5 Å². The lowest BCUT2D eigenvalue weighted by Gasteiger charge is -2.23. The number of amides is 1. The molecule has 1 saturated heterocycles. The minimum Gasteiger partial charge on any atom is -0.507 e. The summed E-state index contributed by atoms with van der Waals surface area (Å²) in [5.41, 5.74) is 2.27. The zero-order valence-electron chi connectivity index (χ0n) is 22.6. The number of aliphatic hydroxyl groups excluding tert-OH is 1. The molecular weight excluding hydrogens is 579 g/mol. The van der Waals surface area contributed by atoms with Crippen LogP contribution in [-0.2, 0) is 15.3 Å². The molecular formula is C30H25FN4O5S2. The van der Waals surface area contributed by atoms with Crippen LogP contribution in [0.2, 0.25) is 0 Å². The molecule has 3 heterocycles. The van der Waals surface area contributed by atoms with Gasteiger partial charge in [0, 0.05) is 31.1 Å². The molecule has 1 N–H and O–H groups in total. The number of aromatic nitrogens is 2. The van der Waals surface area contributed by atoms with Gasteiger partial charge in [0.15, 0.2) is 15.8 Å². The summed E-state index contributed by atoms with van der Waals surface area (Å²) in [4.78, 5) is 30.3. The molecule has 0 bridgehead atoms. The first-order valence-corrected chi connectivity index (χ1v) is 14.8. The van der Waals surface area contributed by atoms with Crippen molar-refractivity contribution in [3.8, 4) is 11.5 Å². The number of hydrogen-bond acceptors (Lipinski definition) is 10. The Labute approximate surface area is 249 Å². The second-order valence-electron chi connectivity index (χ2n) is 9.74. The van der Waals surface area contributed by atoms with Crippen LogP contribution in [0.15, 0.2) is 76.6 Å². The fourth-order valence-electron chi connectivity index (χ4n) is 4.76. The van der Waals surface area contributed by atoms with Crippen molar-refractivity contribution in [3.05, 3.63) is 94.8 Å². The molecule has 4 aromatic rings. The largest absolute Gasteiger partial charge is 0.507 e. The third-order valence-corrected chi connectivity index (χ3v) is 9.00. The lowest BCUT2D eigenvalue weighted by molar-refractivity contribution is -0.132. The fourth-order valence-corrected chi connectivity index (χ4v) is 6.61. The predicted molar refractivity (Wildman–Crippen MR) is 159 cm³/mol. The van der Waals surface area contributed by atoms with Crippen molar-refractivity contribution in [2.24, 2.45) is 0 Å². The number of ketones is 1. The Bertz CT molecular complexity index is 1710. The molecule has 9 nitrogen and oxygen atoms in total. The van der Waals surface area contributed by atoms with E-state index in [0.717, 1.165) is 17.0 Å². The monoisotopic (exact) mass is 604 g/mol. The number of nitrogens with zero attached hydrogens (tertiary/aromatic N) is 4. The molecule has 2 aliphatic rings. The van der Waals surface area contributed by atoms with Crippen molar-refractivity contribution in [1.29, 1.82) is 0 Å². The number of Topliss-reactive ketones (excluding diaryl/α,β-unsaturated/α-hetero) is 1. The molecule has 0 aliphatic carbocycles. The Balaban J connectivity index is 1.40. The number of carbonyl (C=O) groups is 2. The summed E-state index contributed by atoms with van der Waals surface area (Å²) >= 11 is 2.40. The minimum atomic E-state index is -0.966. The highest BCUT2D eigenvalue weighted by atomic mass is 32.2. The molecule has 3 aromatic carbocycles. The van der Waals surface area contributed by atoms with E-state index >= 15 is 0 Å². The fraction of sp³-hybridized carbons (Fsp3) is 0.200. The highest BCUT2D eigenvalue weighted by molar-refractivity contribution is 8.00. The van der Waals surface area contributed by atoms with Gasteiger partial charge in [-0.05, 0) is 47.5 Å². The van der Waals surface area contributed by atoms with Crippen LogP contribution < -0.4 is 19.3 Å². The summed E-state index contributed by atoms with van der Waals surface area (Å²) < 4.78 is 25.9. The number of thioether (sulfide) groups is 1. The van der Waals surface area contributed by atoms with E-state index in [2.05, 4.69) is 10.2 Å². The van der Waals surface area contributed by atoms with Gasteiger partial charge in [-0.25, -0.2) is 4.39 Å².